The third-order valence-corrected chi connectivity index (χ3v) is 0. The van der Waals surface area contributed by atoms with Gasteiger partial charge in [0.05, 0.1) is 0 Å². The summed E-state index contributed by atoms with van der Waals surface area (Å²) in [6.45, 7) is 0. The zero-order valence-electron chi connectivity index (χ0n) is 2.05. The summed E-state index contributed by atoms with van der Waals surface area (Å²) in [5, 5.41) is 0. The first kappa shape index (κ1) is 25.5. The Morgan fingerprint density at radius 1 is 0.500 bits per heavy atom. The van der Waals surface area contributed by atoms with Gasteiger partial charge in [0, 0.05) is 107 Å². The minimum absolute atomic E-state index is 0. The Kier molecular flexibility index (Phi) is 102. The molecule has 0 atom stereocenters. The standard InChI is InChI=1S/2Bi.2Tl. The van der Waals surface area contributed by atoms with Gasteiger partial charge in [-0.25, -0.2) is 0 Å². The van der Waals surface area contributed by atoms with Gasteiger partial charge in [-0.3, -0.25) is 0 Å². The van der Waals surface area contributed by atoms with Crippen molar-refractivity contribution in [3.63, 3.8) is 0 Å². The van der Waals surface area contributed by atoms with Crippen LogP contribution in [0, 0.1) is 0 Å². The molecule has 4 heteroatoms. The van der Waals surface area contributed by atoms with Crippen molar-refractivity contribution >= 4 is 107 Å². The molecule has 0 amide bonds. The number of hydrogen-bond donors (Lipinski definition) is 0. The summed E-state index contributed by atoms with van der Waals surface area (Å²) in [6, 6.07) is 0. The van der Waals surface area contributed by atoms with Crippen LogP contribution in [0.25, 0.3) is 0 Å². The molecule has 0 aromatic rings. The Labute approximate surface area is 104 Å². The van der Waals surface area contributed by atoms with Crippen LogP contribution in [-0.2, 0) is 0 Å². The van der Waals surface area contributed by atoms with Crippen LogP contribution in [0.2, 0.25) is 0 Å². The first-order valence-corrected chi connectivity index (χ1v) is 0. The van der Waals surface area contributed by atoms with Crippen molar-refractivity contribution in [3.05, 3.63) is 0 Å². The van der Waals surface area contributed by atoms with Crippen LogP contribution >= 0.6 is 0 Å². The minimum Gasteiger partial charge on any atom is 0 e. The van der Waals surface area contributed by atoms with Gasteiger partial charge in [0.2, 0.25) is 0 Å². The van der Waals surface area contributed by atoms with Crippen LogP contribution in [0.4, 0.5) is 0 Å². The van der Waals surface area contributed by atoms with E-state index in [-0.39, 0.29) is 107 Å². The maximum absolute atomic E-state index is 0. The summed E-state index contributed by atoms with van der Waals surface area (Å²) < 4.78 is 0. The molecule has 0 aliphatic rings. The quantitative estimate of drug-likeness (QED) is 0.261. The topological polar surface area (TPSA) is 0 Å². The van der Waals surface area contributed by atoms with E-state index >= 15 is 0 Å². The van der Waals surface area contributed by atoms with Gasteiger partial charge < -0.3 is 0 Å². The Balaban J connectivity index is 0. The normalized spacial score (nSPS) is 0. The second-order valence-corrected chi connectivity index (χ2v) is 0. The molecule has 0 heterocycles. The van der Waals surface area contributed by atoms with Crippen LogP contribution in [0.5, 0.6) is 0 Å². The summed E-state index contributed by atoms with van der Waals surface area (Å²) >= 11 is 0. The molecule has 0 saturated heterocycles. The van der Waals surface area contributed by atoms with Crippen molar-refractivity contribution in [1.29, 1.82) is 0 Å². The first-order chi connectivity index (χ1) is 0. The minimum atomic E-state index is 0. The smallest absolute Gasteiger partial charge is 0 e. The second-order valence-electron chi connectivity index (χ2n) is 0. The molecular weight excluding hydrogens is 827 g/mol. The summed E-state index contributed by atoms with van der Waals surface area (Å²) in [6.07, 6.45) is 0. The van der Waals surface area contributed by atoms with E-state index in [2.05, 4.69) is 0 Å². The van der Waals surface area contributed by atoms with Gasteiger partial charge in [-0.05, 0) is 0 Å². The molecule has 0 unspecified atom stereocenters. The van der Waals surface area contributed by atoms with E-state index < -0.39 is 0 Å². The Bertz CT molecular complexity index is 4.00. The zero-order valence-corrected chi connectivity index (χ0v) is 18.0. The molecule has 0 spiro atoms. The third-order valence-electron chi connectivity index (χ3n) is 0. The van der Waals surface area contributed by atoms with Crippen molar-refractivity contribution in [2.45, 2.75) is 0 Å². The maximum Gasteiger partial charge on any atom is 0 e. The van der Waals surface area contributed by atoms with E-state index in [9.17, 15) is 0 Å². The molecule has 0 fully saturated rings. The predicted octanol–water partition coefficient (Wildman–Crippen LogP) is -1.52. The third kappa shape index (κ3) is 9.15. The van der Waals surface area contributed by atoms with Crippen LogP contribution in [0.1, 0.15) is 0 Å². The number of hydrogen-bond acceptors (Lipinski definition) is 0. The summed E-state index contributed by atoms with van der Waals surface area (Å²) in [5.41, 5.74) is 0. The molecule has 0 nitrogen and oxygen atoms in total. The fraction of sp³-hybridized carbons (Fsp3) is 0. The van der Waals surface area contributed by atoms with E-state index in [1.807, 2.05) is 0 Å². The van der Waals surface area contributed by atoms with Crippen LogP contribution in [0.3, 0.4) is 0 Å². The van der Waals surface area contributed by atoms with Crippen molar-refractivity contribution in [1.82, 2.24) is 0 Å². The van der Waals surface area contributed by atoms with Gasteiger partial charge >= 0.3 is 0 Å². The van der Waals surface area contributed by atoms with Gasteiger partial charge in [-0.2, -0.15) is 0 Å². The van der Waals surface area contributed by atoms with Crippen molar-refractivity contribution in [2.24, 2.45) is 0 Å². The fourth-order valence-electron chi connectivity index (χ4n) is 0. The van der Waals surface area contributed by atoms with Crippen molar-refractivity contribution < 1.29 is 0 Å². The summed E-state index contributed by atoms with van der Waals surface area (Å²) in [7, 11) is 0. The predicted molar refractivity (Wildman–Crippen MR) is 23.0 cm³/mol. The maximum atomic E-state index is 0. The molecule has 0 aliphatic heterocycles. The van der Waals surface area contributed by atoms with E-state index in [0.29, 0.717) is 0 Å². The molecule has 0 saturated carbocycles. The van der Waals surface area contributed by atoms with E-state index in [0.717, 1.165) is 0 Å². The fourth-order valence-corrected chi connectivity index (χ4v) is 0. The zero-order chi connectivity index (χ0) is 0. The summed E-state index contributed by atoms with van der Waals surface area (Å²) in [5.74, 6) is 0. The van der Waals surface area contributed by atoms with Crippen molar-refractivity contribution in [2.75, 3.05) is 0 Å². The number of rotatable bonds is 0. The van der Waals surface area contributed by atoms with Gasteiger partial charge in [0.25, 0.3) is 0 Å². The molecule has 0 aromatic carbocycles. The first-order valence-electron chi connectivity index (χ1n) is 0. The van der Waals surface area contributed by atoms with Gasteiger partial charge in [-0.1, -0.05) is 0 Å². The van der Waals surface area contributed by atoms with Gasteiger partial charge in [-0.15, -0.1) is 0 Å². The molecule has 0 bridgehead atoms. The summed E-state index contributed by atoms with van der Waals surface area (Å²) in [4.78, 5) is 0. The van der Waals surface area contributed by atoms with Gasteiger partial charge in [0.15, 0.2) is 0 Å². The molecule has 8 radical (unpaired) electrons. The Morgan fingerprint density at radius 3 is 0.500 bits per heavy atom. The average Bonchev–Trinajstić information content (AvgIpc) is 0. The van der Waals surface area contributed by atoms with Gasteiger partial charge in [0.1, 0.15) is 0 Å². The largest absolute Gasteiger partial charge is 0 e. The van der Waals surface area contributed by atoms with Crippen LogP contribution < -0.4 is 0 Å². The van der Waals surface area contributed by atoms with Crippen molar-refractivity contribution in [3.8, 4) is 0 Å². The SMILES string of the molecule is [Bi].[Bi].[Tl].[Tl]. The van der Waals surface area contributed by atoms with Crippen LogP contribution in [0.15, 0.2) is 0 Å². The monoisotopic (exact) mass is 828 g/mol. The molecule has 16 valence electrons. The molecule has 4 heavy (non-hydrogen) atoms. The van der Waals surface area contributed by atoms with E-state index in [1.165, 1.54) is 0 Å². The van der Waals surface area contributed by atoms with E-state index in [1.54, 1.807) is 0 Å². The molecular formula is Bi2Tl2. The molecule has 0 aromatic heterocycles. The van der Waals surface area contributed by atoms with E-state index in [4.69, 9.17) is 0 Å². The molecule has 0 rings (SSSR count). The Hall–Kier alpha value is 3.61. The molecule has 0 N–H and O–H groups in total. The average molecular weight is 827 g/mol. The van der Waals surface area contributed by atoms with Crippen LogP contribution in [-0.4, -0.2) is 107 Å². The Morgan fingerprint density at radius 2 is 0.500 bits per heavy atom. The second kappa shape index (κ2) is 16.0. The molecule has 0 aliphatic carbocycles.